The molecule has 0 bridgehead atoms. The molecule has 1 atom stereocenters. The molecule has 0 aliphatic carbocycles. The maximum Gasteiger partial charge on any atom is 0.0785 e. The van der Waals surface area contributed by atoms with E-state index in [2.05, 4.69) is 26.5 Å². The maximum atomic E-state index is 10.4. The summed E-state index contributed by atoms with van der Waals surface area (Å²) in [5, 5.41) is 10.4. The van der Waals surface area contributed by atoms with Crippen LogP contribution in [0.15, 0.2) is 0 Å². The van der Waals surface area contributed by atoms with Crippen molar-refractivity contribution in [3.05, 3.63) is 0 Å². The Balaban J connectivity index is 4.68. The number of rotatable bonds is 6. The van der Waals surface area contributed by atoms with Gasteiger partial charge in [0, 0.05) is 4.75 Å². The molecule has 0 aromatic rings. The maximum absolute atomic E-state index is 10.4. The van der Waals surface area contributed by atoms with E-state index >= 15 is 0 Å². The molecule has 1 nitrogen and oxygen atoms in total. The average molecular weight is 204 g/mol. The molecule has 0 aromatic carbocycles. The summed E-state index contributed by atoms with van der Waals surface area (Å²) < 4.78 is -0.203. The fourth-order valence-electron chi connectivity index (χ4n) is 2.06. The van der Waals surface area contributed by atoms with Crippen molar-refractivity contribution in [3.63, 3.8) is 0 Å². The number of thiol groups is 1. The predicted octanol–water partition coefficient (Wildman–Crippen LogP) is 3.42. The predicted molar refractivity (Wildman–Crippen MR) is 62.4 cm³/mol. The first-order valence-corrected chi connectivity index (χ1v) is 5.89. The zero-order chi connectivity index (χ0) is 10.5. The molecular weight excluding hydrogens is 180 g/mol. The van der Waals surface area contributed by atoms with Gasteiger partial charge < -0.3 is 5.11 Å². The van der Waals surface area contributed by atoms with Gasteiger partial charge in [-0.3, -0.25) is 0 Å². The molecule has 0 spiro atoms. The van der Waals surface area contributed by atoms with Gasteiger partial charge in [-0.15, -0.1) is 0 Å². The van der Waals surface area contributed by atoms with Crippen LogP contribution in [0, 0.1) is 0 Å². The molecule has 0 amide bonds. The van der Waals surface area contributed by atoms with Gasteiger partial charge in [0.15, 0.2) is 0 Å². The Morgan fingerprint density at radius 2 is 1.46 bits per heavy atom. The van der Waals surface area contributed by atoms with E-state index in [0.717, 1.165) is 32.1 Å². The van der Waals surface area contributed by atoms with Gasteiger partial charge in [0.1, 0.15) is 0 Å². The Bertz CT molecular complexity index is 143. The molecule has 0 rings (SSSR count). The highest BCUT2D eigenvalue weighted by Crippen LogP contribution is 2.40. The lowest BCUT2D eigenvalue weighted by Crippen LogP contribution is -2.49. The Kier molecular flexibility index (Phi) is 5.38. The number of hydrogen-bond acceptors (Lipinski definition) is 2. The minimum atomic E-state index is -0.596. The lowest BCUT2D eigenvalue weighted by Gasteiger charge is -2.43. The highest BCUT2D eigenvalue weighted by Gasteiger charge is 2.42. The summed E-state index contributed by atoms with van der Waals surface area (Å²) in [5.74, 6) is 0. The molecule has 1 unspecified atom stereocenters. The summed E-state index contributed by atoms with van der Waals surface area (Å²) in [6, 6.07) is 0. The number of aliphatic hydroxyl groups is 1. The molecule has 0 heterocycles. The van der Waals surface area contributed by atoms with E-state index in [9.17, 15) is 5.11 Å². The Morgan fingerprint density at radius 3 is 1.69 bits per heavy atom. The van der Waals surface area contributed by atoms with Crippen LogP contribution in [0.4, 0.5) is 0 Å². The van der Waals surface area contributed by atoms with Crippen molar-refractivity contribution in [2.24, 2.45) is 0 Å². The van der Waals surface area contributed by atoms with E-state index in [-0.39, 0.29) is 4.75 Å². The SMILES string of the molecule is CCCC(S)(CC)C(O)(CC)CC. The van der Waals surface area contributed by atoms with Crippen LogP contribution in [0.2, 0.25) is 0 Å². The van der Waals surface area contributed by atoms with Crippen LogP contribution in [0.3, 0.4) is 0 Å². The third-order valence-electron chi connectivity index (χ3n) is 3.28. The van der Waals surface area contributed by atoms with E-state index in [1.54, 1.807) is 0 Å². The second-order valence-electron chi connectivity index (χ2n) is 3.87. The monoisotopic (exact) mass is 204 g/mol. The smallest absolute Gasteiger partial charge is 0.0785 e. The summed E-state index contributed by atoms with van der Waals surface area (Å²) in [4.78, 5) is 0. The largest absolute Gasteiger partial charge is 0.388 e. The van der Waals surface area contributed by atoms with Crippen molar-refractivity contribution in [2.75, 3.05) is 0 Å². The molecular formula is C11H24OS. The molecule has 80 valence electrons. The van der Waals surface area contributed by atoms with Crippen molar-refractivity contribution < 1.29 is 5.11 Å². The molecule has 0 saturated carbocycles. The molecule has 1 N–H and O–H groups in total. The van der Waals surface area contributed by atoms with Crippen LogP contribution in [0.25, 0.3) is 0 Å². The van der Waals surface area contributed by atoms with Crippen LogP contribution in [-0.2, 0) is 0 Å². The highest BCUT2D eigenvalue weighted by atomic mass is 32.1. The van der Waals surface area contributed by atoms with E-state index in [4.69, 9.17) is 0 Å². The van der Waals surface area contributed by atoms with Gasteiger partial charge in [-0.1, -0.05) is 34.1 Å². The first-order chi connectivity index (χ1) is 5.99. The normalized spacial score (nSPS) is 17.1. The standard InChI is InChI=1S/C11H24OS/c1-5-9-11(13,8-4)10(12,6-2)7-3/h12-13H,5-9H2,1-4H3. The molecule has 0 aromatic heterocycles. The van der Waals surface area contributed by atoms with Crippen LogP contribution in [0.5, 0.6) is 0 Å². The van der Waals surface area contributed by atoms with E-state index in [1.807, 2.05) is 13.8 Å². The molecule has 2 heteroatoms. The topological polar surface area (TPSA) is 20.2 Å². The van der Waals surface area contributed by atoms with Gasteiger partial charge in [0.2, 0.25) is 0 Å². The third-order valence-corrected chi connectivity index (χ3v) is 4.24. The molecule has 0 fully saturated rings. The fraction of sp³-hybridized carbons (Fsp3) is 1.00. The molecule has 13 heavy (non-hydrogen) atoms. The van der Waals surface area contributed by atoms with Gasteiger partial charge in [0.05, 0.1) is 5.60 Å². The van der Waals surface area contributed by atoms with Gasteiger partial charge >= 0.3 is 0 Å². The zero-order valence-corrected chi connectivity index (χ0v) is 10.3. The van der Waals surface area contributed by atoms with Gasteiger partial charge in [-0.2, -0.15) is 12.6 Å². The second-order valence-corrected chi connectivity index (χ2v) is 4.73. The zero-order valence-electron chi connectivity index (χ0n) is 9.43. The van der Waals surface area contributed by atoms with Gasteiger partial charge in [-0.05, 0) is 25.7 Å². The highest BCUT2D eigenvalue weighted by molar-refractivity contribution is 7.81. The first kappa shape index (κ1) is 13.3. The van der Waals surface area contributed by atoms with Crippen molar-refractivity contribution in [1.82, 2.24) is 0 Å². The first-order valence-electron chi connectivity index (χ1n) is 5.44. The summed E-state index contributed by atoms with van der Waals surface area (Å²) in [7, 11) is 0. The van der Waals surface area contributed by atoms with Crippen molar-refractivity contribution in [2.45, 2.75) is 70.1 Å². The van der Waals surface area contributed by atoms with Gasteiger partial charge in [-0.25, -0.2) is 0 Å². The van der Waals surface area contributed by atoms with E-state index < -0.39 is 5.60 Å². The second kappa shape index (κ2) is 5.26. The van der Waals surface area contributed by atoms with Crippen LogP contribution in [0.1, 0.15) is 59.8 Å². The van der Waals surface area contributed by atoms with Crippen LogP contribution < -0.4 is 0 Å². The van der Waals surface area contributed by atoms with Crippen molar-refractivity contribution >= 4 is 12.6 Å². The summed E-state index contributed by atoms with van der Waals surface area (Å²) in [5.41, 5.74) is -0.596. The van der Waals surface area contributed by atoms with Crippen LogP contribution in [-0.4, -0.2) is 15.5 Å². The van der Waals surface area contributed by atoms with Crippen LogP contribution >= 0.6 is 12.6 Å². The minimum Gasteiger partial charge on any atom is -0.388 e. The Morgan fingerprint density at radius 1 is 1.00 bits per heavy atom. The minimum absolute atomic E-state index is 0.203. The van der Waals surface area contributed by atoms with Crippen molar-refractivity contribution in [1.29, 1.82) is 0 Å². The molecule has 0 saturated heterocycles. The molecule has 0 aliphatic heterocycles. The summed E-state index contributed by atoms with van der Waals surface area (Å²) in [6.07, 6.45) is 4.59. The summed E-state index contributed by atoms with van der Waals surface area (Å²) in [6.45, 7) is 8.34. The van der Waals surface area contributed by atoms with E-state index in [0.29, 0.717) is 0 Å². The Hall–Kier alpha value is 0.310. The summed E-state index contributed by atoms with van der Waals surface area (Å²) >= 11 is 4.69. The average Bonchev–Trinajstić information content (AvgIpc) is 2.16. The van der Waals surface area contributed by atoms with Crippen molar-refractivity contribution in [3.8, 4) is 0 Å². The van der Waals surface area contributed by atoms with Gasteiger partial charge in [0.25, 0.3) is 0 Å². The molecule has 0 aliphatic rings. The Labute approximate surface area is 88.3 Å². The lowest BCUT2D eigenvalue weighted by molar-refractivity contribution is -0.0120. The molecule has 0 radical (unpaired) electrons. The fourth-order valence-corrected chi connectivity index (χ4v) is 2.60. The lowest BCUT2D eigenvalue weighted by atomic mass is 9.77. The quantitative estimate of drug-likeness (QED) is 0.635. The number of hydrogen-bond donors (Lipinski definition) is 2. The van der Waals surface area contributed by atoms with E-state index in [1.165, 1.54) is 0 Å². The third kappa shape index (κ3) is 2.63.